The molecule has 0 aromatic carbocycles. The fourth-order valence-corrected chi connectivity index (χ4v) is 2.72. The third-order valence-corrected chi connectivity index (χ3v) is 3.79. The molecular weight excluding hydrogens is 280 g/mol. The topological polar surface area (TPSA) is 47.4 Å². The van der Waals surface area contributed by atoms with Gasteiger partial charge in [0.1, 0.15) is 0 Å². The number of piperidine rings is 1. The van der Waals surface area contributed by atoms with Gasteiger partial charge >= 0.3 is 6.55 Å². The Labute approximate surface area is 122 Å². The van der Waals surface area contributed by atoms with E-state index in [9.17, 15) is 13.6 Å². The van der Waals surface area contributed by atoms with Gasteiger partial charge in [0.2, 0.25) is 0 Å². The average molecular weight is 301 g/mol. The number of ether oxygens (including phenoxy) is 1. The van der Waals surface area contributed by atoms with Crippen molar-refractivity contribution in [3.05, 3.63) is 18.0 Å². The molecule has 7 heteroatoms. The Kier molecular flexibility index (Phi) is 5.67. The molecule has 0 saturated carbocycles. The molecule has 1 atom stereocenters. The molecule has 1 aromatic rings. The lowest BCUT2D eigenvalue weighted by Gasteiger charge is -2.32. The number of methoxy groups -OCH3 is 1. The van der Waals surface area contributed by atoms with Crippen molar-refractivity contribution >= 4 is 5.91 Å². The van der Waals surface area contributed by atoms with Crippen molar-refractivity contribution in [3.8, 4) is 0 Å². The first-order valence-corrected chi connectivity index (χ1v) is 7.23. The molecule has 0 bridgehead atoms. The van der Waals surface area contributed by atoms with Crippen molar-refractivity contribution in [1.82, 2.24) is 14.7 Å². The quantitative estimate of drug-likeness (QED) is 0.759. The Balaban J connectivity index is 1.91. The SMILES string of the molecule is COCCC[C@@H]1CCCN(C(=O)c2ccn(C(F)F)n2)C1. The second-order valence-corrected chi connectivity index (χ2v) is 5.35. The van der Waals surface area contributed by atoms with E-state index in [1.165, 1.54) is 6.07 Å². The van der Waals surface area contributed by atoms with Gasteiger partial charge in [-0.25, -0.2) is 4.68 Å². The third-order valence-electron chi connectivity index (χ3n) is 3.79. The normalized spacial score (nSPS) is 19.2. The molecule has 1 fully saturated rings. The van der Waals surface area contributed by atoms with Crippen LogP contribution in [0.4, 0.5) is 8.78 Å². The summed E-state index contributed by atoms with van der Waals surface area (Å²) in [5.41, 5.74) is 0.0906. The summed E-state index contributed by atoms with van der Waals surface area (Å²) >= 11 is 0. The van der Waals surface area contributed by atoms with Crippen LogP contribution < -0.4 is 0 Å². The minimum Gasteiger partial charge on any atom is -0.385 e. The summed E-state index contributed by atoms with van der Waals surface area (Å²) in [7, 11) is 1.68. The van der Waals surface area contributed by atoms with E-state index < -0.39 is 6.55 Å². The van der Waals surface area contributed by atoms with Gasteiger partial charge in [0, 0.05) is 33.0 Å². The lowest BCUT2D eigenvalue weighted by Crippen LogP contribution is -2.40. The Morgan fingerprint density at radius 3 is 3.05 bits per heavy atom. The summed E-state index contributed by atoms with van der Waals surface area (Å²) in [6.07, 6.45) is 5.17. The van der Waals surface area contributed by atoms with Crippen LogP contribution in [0.2, 0.25) is 0 Å². The van der Waals surface area contributed by atoms with Crippen molar-refractivity contribution in [2.75, 3.05) is 26.8 Å². The molecule has 21 heavy (non-hydrogen) atoms. The number of carbonyl (C=O) groups excluding carboxylic acids is 1. The number of aromatic nitrogens is 2. The zero-order valence-corrected chi connectivity index (χ0v) is 12.2. The monoisotopic (exact) mass is 301 g/mol. The molecule has 118 valence electrons. The smallest absolute Gasteiger partial charge is 0.333 e. The lowest BCUT2D eigenvalue weighted by molar-refractivity contribution is 0.0540. The van der Waals surface area contributed by atoms with E-state index in [2.05, 4.69) is 5.10 Å². The number of halogens is 2. The van der Waals surface area contributed by atoms with Crippen LogP contribution in [0, 0.1) is 5.92 Å². The third kappa shape index (κ3) is 4.23. The van der Waals surface area contributed by atoms with Gasteiger partial charge in [-0.1, -0.05) is 0 Å². The number of hydrogen-bond donors (Lipinski definition) is 0. The number of rotatable bonds is 6. The number of hydrogen-bond acceptors (Lipinski definition) is 3. The van der Waals surface area contributed by atoms with Crippen LogP contribution in [-0.2, 0) is 4.74 Å². The van der Waals surface area contributed by atoms with Crippen LogP contribution in [0.3, 0.4) is 0 Å². The van der Waals surface area contributed by atoms with Crippen LogP contribution in [0.1, 0.15) is 42.7 Å². The standard InChI is InChI=1S/C14H21F2N3O2/c1-21-9-3-5-11-4-2-7-18(10-11)13(20)12-6-8-19(17-12)14(15)16/h6,8,11,14H,2-5,7,9-10H2,1H3/t11-/m0/s1. The minimum absolute atomic E-state index is 0.0906. The van der Waals surface area contributed by atoms with E-state index in [1.54, 1.807) is 12.0 Å². The molecule has 1 aliphatic rings. The van der Waals surface area contributed by atoms with E-state index in [0.717, 1.165) is 38.5 Å². The average Bonchev–Trinajstić information content (AvgIpc) is 2.97. The number of carbonyl (C=O) groups is 1. The Morgan fingerprint density at radius 1 is 1.57 bits per heavy atom. The van der Waals surface area contributed by atoms with Gasteiger partial charge in [-0.05, 0) is 37.7 Å². The van der Waals surface area contributed by atoms with E-state index >= 15 is 0 Å². The molecule has 0 N–H and O–H groups in total. The fourth-order valence-electron chi connectivity index (χ4n) is 2.72. The molecule has 0 radical (unpaired) electrons. The van der Waals surface area contributed by atoms with E-state index in [-0.39, 0.29) is 11.6 Å². The first-order chi connectivity index (χ1) is 10.1. The molecule has 0 aliphatic carbocycles. The number of likely N-dealkylation sites (tertiary alicyclic amines) is 1. The molecule has 0 spiro atoms. The summed E-state index contributed by atoms with van der Waals surface area (Å²) in [5, 5.41) is 3.64. The van der Waals surface area contributed by atoms with Gasteiger partial charge in [0.15, 0.2) is 5.69 Å². The number of alkyl halides is 2. The molecule has 1 amide bonds. The lowest BCUT2D eigenvalue weighted by atomic mass is 9.93. The minimum atomic E-state index is -2.71. The molecule has 1 aliphatic heterocycles. The second kappa shape index (κ2) is 7.49. The van der Waals surface area contributed by atoms with Gasteiger partial charge in [-0.15, -0.1) is 0 Å². The highest BCUT2D eigenvalue weighted by atomic mass is 19.3. The van der Waals surface area contributed by atoms with E-state index in [4.69, 9.17) is 4.74 Å². The summed E-state index contributed by atoms with van der Waals surface area (Å²) in [5.74, 6) is 0.195. The maximum atomic E-state index is 12.5. The second-order valence-electron chi connectivity index (χ2n) is 5.35. The first-order valence-electron chi connectivity index (χ1n) is 7.23. The maximum Gasteiger partial charge on any atom is 0.333 e. The predicted octanol–water partition coefficient (Wildman–Crippen LogP) is 2.56. The van der Waals surface area contributed by atoms with Crippen LogP contribution >= 0.6 is 0 Å². The summed E-state index contributed by atoms with van der Waals surface area (Å²) in [6, 6.07) is 1.35. The van der Waals surface area contributed by atoms with Gasteiger partial charge in [0.25, 0.3) is 5.91 Å². The molecule has 5 nitrogen and oxygen atoms in total. The molecular formula is C14H21F2N3O2. The van der Waals surface area contributed by atoms with Gasteiger partial charge in [-0.2, -0.15) is 13.9 Å². The predicted molar refractivity (Wildman–Crippen MR) is 73.2 cm³/mol. The van der Waals surface area contributed by atoms with Crippen molar-refractivity contribution in [2.45, 2.75) is 32.2 Å². The van der Waals surface area contributed by atoms with E-state index in [0.29, 0.717) is 23.7 Å². The number of amides is 1. The summed E-state index contributed by atoms with van der Waals surface area (Å²) < 4.78 is 30.5. The van der Waals surface area contributed by atoms with E-state index in [1.807, 2.05) is 0 Å². The van der Waals surface area contributed by atoms with Gasteiger partial charge in [-0.3, -0.25) is 4.79 Å². The van der Waals surface area contributed by atoms with Crippen LogP contribution in [0.5, 0.6) is 0 Å². The summed E-state index contributed by atoms with van der Waals surface area (Å²) in [6.45, 7) is -0.649. The fraction of sp³-hybridized carbons (Fsp3) is 0.714. The van der Waals surface area contributed by atoms with Gasteiger partial charge in [0.05, 0.1) is 0 Å². The Hall–Kier alpha value is -1.50. The van der Waals surface area contributed by atoms with Crippen LogP contribution in [0.15, 0.2) is 12.3 Å². The van der Waals surface area contributed by atoms with Crippen molar-refractivity contribution in [1.29, 1.82) is 0 Å². The molecule has 2 rings (SSSR count). The Morgan fingerprint density at radius 2 is 2.38 bits per heavy atom. The summed E-state index contributed by atoms with van der Waals surface area (Å²) in [4.78, 5) is 14.0. The highest BCUT2D eigenvalue weighted by molar-refractivity contribution is 5.92. The van der Waals surface area contributed by atoms with Crippen molar-refractivity contribution in [3.63, 3.8) is 0 Å². The molecule has 1 saturated heterocycles. The Bertz CT molecular complexity index is 465. The largest absolute Gasteiger partial charge is 0.385 e. The van der Waals surface area contributed by atoms with Gasteiger partial charge < -0.3 is 9.64 Å². The molecule has 2 heterocycles. The maximum absolute atomic E-state index is 12.5. The van der Waals surface area contributed by atoms with Crippen LogP contribution in [0.25, 0.3) is 0 Å². The van der Waals surface area contributed by atoms with Crippen molar-refractivity contribution < 1.29 is 18.3 Å². The highest BCUT2D eigenvalue weighted by Gasteiger charge is 2.26. The first kappa shape index (κ1) is 15.9. The highest BCUT2D eigenvalue weighted by Crippen LogP contribution is 2.22. The van der Waals surface area contributed by atoms with Crippen molar-refractivity contribution in [2.24, 2.45) is 5.92 Å². The van der Waals surface area contributed by atoms with Crippen LogP contribution in [-0.4, -0.2) is 47.4 Å². The zero-order valence-electron chi connectivity index (χ0n) is 12.2. The number of nitrogens with zero attached hydrogens (tertiary/aromatic N) is 3. The molecule has 0 unspecified atom stereocenters. The molecule has 1 aromatic heterocycles. The zero-order chi connectivity index (χ0) is 15.2.